The average Bonchev–Trinajstić information content (AvgIpc) is 3.17. The topological polar surface area (TPSA) is 94.0 Å². The summed E-state index contributed by atoms with van der Waals surface area (Å²) >= 11 is 6.16. The van der Waals surface area contributed by atoms with Gasteiger partial charge < -0.3 is 15.4 Å². The molecule has 0 saturated carbocycles. The fourth-order valence-corrected chi connectivity index (χ4v) is 3.34. The van der Waals surface area contributed by atoms with Crippen LogP contribution in [0.1, 0.15) is 17.2 Å². The number of aromatic nitrogens is 4. The fourth-order valence-electron chi connectivity index (χ4n) is 3.05. The van der Waals surface area contributed by atoms with Crippen LogP contribution in [-0.2, 0) is 0 Å². The van der Waals surface area contributed by atoms with Crippen molar-refractivity contribution in [2.45, 2.75) is 20.8 Å². The van der Waals surface area contributed by atoms with Gasteiger partial charge in [-0.15, -0.1) is 0 Å². The standard InChI is InChI=1S/C23H21ClN6O2/c1-14-4-9-20(19(24)12-14)29-23(31)28-17-5-7-18(8-6-17)32-22-13-21(26-15(2)27-22)30-11-10-25-16(30)3/h4-13H,1-3H3,(H2,28,29,31). The molecule has 0 bridgehead atoms. The van der Waals surface area contributed by atoms with Crippen LogP contribution in [0.4, 0.5) is 16.2 Å². The van der Waals surface area contributed by atoms with E-state index in [2.05, 4.69) is 25.6 Å². The maximum atomic E-state index is 12.3. The van der Waals surface area contributed by atoms with Crippen molar-refractivity contribution in [2.24, 2.45) is 0 Å². The van der Waals surface area contributed by atoms with Crippen LogP contribution in [0.2, 0.25) is 5.02 Å². The number of amides is 2. The molecule has 0 atom stereocenters. The first-order valence-corrected chi connectivity index (χ1v) is 10.2. The van der Waals surface area contributed by atoms with Crippen molar-refractivity contribution in [3.63, 3.8) is 0 Å². The minimum Gasteiger partial charge on any atom is -0.439 e. The van der Waals surface area contributed by atoms with Gasteiger partial charge in [-0.05, 0) is 62.7 Å². The Labute approximate surface area is 190 Å². The van der Waals surface area contributed by atoms with Crippen molar-refractivity contribution in [2.75, 3.05) is 10.6 Å². The first-order valence-electron chi connectivity index (χ1n) is 9.85. The zero-order valence-electron chi connectivity index (χ0n) is 17.8. The number of anilines is 2. The van der Waals surface area contributed by atoms with Gasteiger partial charge in [0.2, 0.25) is 5.88 Å². The summed E-state index contributed by atoms with van der Waals surface area (Å²) in [6.07, 6.45) is 3.54. The number of urea groups is 1. The quantitative estimate of drug-likeness (QED) is 0.409. The molecule has 2 amide bonds. The van der Waals surface area contributed by atoms with Crippen molar-refractivity contribution in [3.05, 3.63) is 83.2 Å². The number of halogens is 1. The minimum absolute atomic E-state index is 0.392. The highest BCUT2D eigenvalue weighted by atomic mass is 35.5. The molecule has 2 aromatic carbocycles. The molecule has 4 aromatic rings. The van der Waals surface area contributed by atoms with E-state index in [0.29, 0.717) is 39.7 Å². The minimum atomic E-state index is -0.392. The van der Waals surface area contributed by atoms with E-state index in [1.165, 1.54) is 0 Å². The van der Waals surface area contributed by atoms with Crippen LogP contribution in [0, 0.1) is 20.8 Å². The Balaban J connectivity index is 1.42. The molecule has 0 aliphatic rings. The van der Waals surface area contributed by atoms with E-state index in [4.69, 9.17) is 16.3 Å². The number of nitrogens with one attached hydrogen (secondary N) is 2. The number of hydrogen-bond acceptors (Lipinski definition) is 5. The number of carbonyl (C=O) groups excluding carboxylic acids is 1. The van der Waals surface area contributed by atoms with Gasteiger partial charge in [-0.2, -0.15) is 4.98 Å². The zero-order chi connectivity index (χ0) is 22.7. The van der Waals surface area contributed by atoms with Crippen molar-refractivity contribution in [3.8, 4) is 17.4 Å². The van der Waals surface area contributed by atoms with Gasteiger partial charge in [-0.25, -0.2) is 14.8 Å². The third kappa shape index (κ3) is 5.04. The average molecular weight is 449 g/mol. The van der Waals surface area contributed by atoms with E-state index < -0.39 is 6.03 Å². The number of ether oxygens (including phenoxy) is 1. The summed E-state index contributed by atoms with van der Waals surface area (Å²) in [5.41, 5.74) is 2.16. The van der Waals surface area contributed by atoms with Gasteiger partial charge in [-0.1, -0.05) is 17.7 Å². The summed E-state index contributed by atoms with van der Waals surface area (Å²) in [6.45, 7) is 5.63. The summed E-state index contributed by atoms with van der Waals surface area (Å²) in [6, 6.07) is 13.7. The number of carbonyl (C=O) groups is 1. The lowest BCUT2D eigenvalue weighted by Crippen LogP contribution is -2.19. The highest BCUT2D eigenvalue weighted by Gasteiger charge is 2.09. The number of imidazole rings is 1. The van der Waals surface area contributed by atoms with Gasteiger partial charge in [0.05, 0.1) is 10.7 Å². The Bertz CT molecular complexity index is 1270. The molecule has 2 N–H and O–H groups in total. The van der Waals surface area contributed by atoms with Crippen LogP contribution < -0.4 is 15.4 Å². The molecule has 2 heterocycles. The van der Waals surface area contributed by atoms with E-state index in [1.54, 1.807) is 55.6 Å². The monoisotopic (exact) mass is 448 g/mol. The van der Waals surface area contributed by atoms with Gasteiger partial charge >= 0.3 is 6.03 Å². The number of nitrogens with zero attached hydrogens (tertiary/aromatic N) is 4. The molecule has 0 fully saturated rings. The molecular formula is C23H21ClN6O2. The van der Waals surface area contributed by atoms with Crippen LogP contribution >= 0.6 is 11.6 Å². The van der Waals surface area contributed by atoms with Crippen LogP contribution in [0.5, 0.6) is 11.6 Å². The van der Waals surface area contributed by atoms with Gasteiger partial charge in [-0.3, -0.25) is 4.57 Å². The molecule has 162 valence electrons. The third-order valence-corrected chi connectivity index (χ3v) is 4.89. The number of aryl methyl sites for hydroxylation is 3. The number of rotatable bonds is 5. The van der Waals surface area contributed by atoms with E-state index in [1.807, 2.05) is 30.7 Å². The van der Waals surface area contributed by atoms with Crippen molar-refractivity contribution in [1.82, 2.24) is 19.5 Å². The van der Waals surface area contributed by atoms with E-state index in [9.17, 15) is 4.79 Å². The van der Waals surface area contributed by atoms with Gasteiger partial charge in [0.25, 0.3) is 0 Å². The Hall–Kier alpha value is -3.91. The smallest absolute Gasteiger partial charge is 0.323 e. The Morgan fingerprint density at radius 1 is 1.00 bits per heavy atom. The SMILES string of the molecule is Cc1ccc(NC(=O)Nc2ccc(Oc3cc(-n4ccnc4C)nc(C)n3)cc2)c(Cl)c1. The molecule has 32 heavy (non-hydrogen) atoms. The predicted molar refractivity (Wildman–Crippen MR) is 124 cm³/mol. The molecular weight excluding hydrogens is 428 g/mol. The predicted octanol–water partition coefficient (Wildman–Crippen LogP) is 5.68. The van der Waals surface area contributed by atoms with Gasteiger partial charge in [0.1, 0.15) is 23.2 Å². The largest absolute Gasteiger partial charge is 0.439 e. The van der Waals surface area contributed by atoms with E-state index in [0.717, 1.165) is 11.4 Å². The lowest BCUT2D eigenvalue weighted by molar-refractivity contribution is 0.262. The summed E-state index contributed by atoms with van der Waals surface area (Å²) < 4.78 is 7.74. The number of hydrogen-bond donors (Lipinski definition) is 2. The second-order valence-electron chi connectivity index (χ2n) is 7.14. The Morgan fingerprint density at radius 2 is 1.78 bits per heavy atom. The Morgan fingerprint density at radius 3 is 2.47 bits per heavy atom. The molecule has 2 aromatic heterocycles. The maximum Gasteiger partial charge on any atom is 0.323 e. The molecule has 8 nitrogen and oxygen atoms in total. The molecule has 4 rings (SSSR count). The van der Waals surface area contributed by atoms with Crippen molar-refractivity contribution < 1.29 is 9.53 Å². The Kier molecular flexibility index (Phi) is 6.04. The normalized spacial score (nSPS) is 10.6. The molecule has 0 radical (unpaired) electrons. The molecule has 0 aliphatic heterocycles. The lowest BCUT2D eigenvalue weighted by Gasteiger charge is -2.11. The molecule has 0 saturated heterocycles. The van der Waals surface area contributed by atoms with Crippen LogP contribution in [0.3, 0.4) is 0 Å². The van der Waals surface area contributed by atoms with Crippen molar-refractivity contribution >= 4 is 29.0 Å². The second kappa shape index (κ2) is 9.07. The summed E-state index contributed by atoms with van der Waals surface area (Å²) in [7, 11) is 0. The lowest BCUT2D eigenvalue weighted by atomic mass is 10.2. The number of benzene rings is 2. The van der Waals surface area contributed by atoms with Crippen LogP contribution in [0.25, 0.3) is 5.82 Å². The summed E-state index contributed by atoms with van der Waals surface area (Å²) in [4.78, 5) is 25.3. The van der Waals surface area contributed by atoms with Crippen LogP contribution in [0.15, 0.2) is 60.9 Å². The summed E-state index contributed by atoms with van der Waals surface area (Å²) in [5.74, 6) is 3.05. The van der Waals surface area contributed by atoms with Crippen molar-refractivity contribution in [1.29, 1.82) is 0 Å². The molecule has 9 heteroatoms. The second-order valence-corrected chi connectivity index (χ2v) is 7.55. The van der Waals surface area contributed by atoms with E-state index in [-0.39, 0.29) is 0 Å². The third-order valence-electron chi connectivity index (χ3n) is 4.58. The van der Waals surface area contributed by atoms with Gasteiger partial charge in [0.15, 0.2) is 0 Å². The zero-order valence-corrected chi connectivity index (χ0v) is 18.5. The van der Waals surface area contributed by atoms with Crippen LogP contribution in [-0.4, -0.2) is 25.6 Å². The summed E-state index contributed by atoms with van der Waals surface area (Å²) in [5, 5.41) is 5.98. The molecule has 0 spiro atoms. The maximum absolute atomic E-state index is 12.3. The highest BCUT2D eigenvalue weighted by molar-refractivity contribution is 6.33. The molecule has 0 aliphatic carbocycles. The fraction of sp³-hybridized carbons (Fsp3) is 0.130. The first kappa shape index (κ1) is 21.3. The first-order chi connectivity index (χ1) is 15.4. The van der Waals surface area contributed by atoms with Gasteiger partial charge in [0, 0.05) is 24.1 Å². The van der Waals surface area contributed by atoms with E-state index >= 15 is 0 Å². The highest BCUT2D eigenvalue weighted by Crippen LogP contribution is 2.25. The molecule has 0 unspecified atom stereocenters.